The van der Waals surface area contributed by atoms with Crippen LogP contribution in [0, 0.1) is 5.82 Å². The Kier molecular flexibility index (Phi) is 6.97. The average molecular weight is 424 g/mol. The molecular formula is C25H30FN3O2. The van der Waals surface area contributed by atoms with E-state index in [1.807, 2.05) is 40.1 Å². The molecule has 0 aromatic heterocycles. The molecule has 1 unspecified atom stereocenters. The molecule has 0 spiro atoms. The fourth-order valence-electron chi connectivity index (χ4n) is 4.55. The molecule has 0 bridgehead atoms. The van der Waals surface area contributed by atoms with Crippen LogP contribution in [0.2, 0.25) is 0 Å². The molecule has 4 rings (SSSR count). The molecule has 5 nitrogen and oxygen atoms in total. The molecule has 2 aliphatic rings. The van der Waals surface area contributed by atoms with Crippen LogP contribution in [0.25, 0.3) is 0 Å². The SMILES string of the molecule is O=C(Cc1ccc(F)cc1)N1CCN(C(C(=O)N2CCCCC2)c2ccccc2)CC1. The van der Waals surface area contributed by atoms with E-state index in [2.05, 4.69) is 4.90 Å². The topological polar surface area (TPSA) is 43.9 Å². The van der Waals surface area contributed by atoms with Crippen LogP contribution in [0.5, 0.6) is 0 Å². The van der Waals surface area contributed by atoms with E-state index in [0.29, 0.717) is 26.2 Å². The van der Waals surface area contributed by atoms with Crippen LogP contribution in [0.3, 0.4) is 0 Å². The first-order valence-corrected chi connectivity index (χ1v) is 11.2. The zero-order chi connectivity index (χ0) is 21.6. The normalized spacial score (nSPS) is 18.6. The first-order chi connectivity index (χ1) is 15.1. The highest BCUT2D eigenvalue weighted by molar-refractivity contribution is 5.83. The maximum absolute atomic E-state index is 13.5. The molecule has 2 fully saturated rings. The standard InChI is InChI=1S/C25H30FN3O2/c26-22-11-9-20(10-12-22)19-23(30)27-15-17-28(18-16-27)24(21-7-3-1-4-8-21)25(31)29-13-5-2-6-14-29/h1,3-4,7-12,24H,2,5-6,13-19H2. The molecule has 2 aromatic carbocycles. The summed E-state index contributed by atoms with van der Waals surface area (Å²) in [6.07, 6.45) is 3.60. The minimum Gasteiger partial charge on any atom is -0.341 e. The largest absolute Gasteiger partial charge is 0.341 e. The number of rotatable bonds is 5. The van der Waals surface area contributed by atoms with E-state index in [-0.39, 0.29) is 30.1 Å². The second-order valence-corrected chi connectivity index (χ2v) is 8.42. The highest BCUT2D eigenvalue weighted by Crippen LogP contribution is 2.26. The van der Waals surface area contributed by atoms with Crippen LogP contribution in [0.1, 0.15) is 36.4 Å². The van der Waals surface area contributed by atoms with Gasteiger partial charge in [0.1, 0.15) is 11.9 Å². The Bertz CT molecular complexity index is 873. The van der Waals surface area contributed by atoms with E-state index in [1.54, 1.807) is 12.1 Å². The predicted octanol–water partition coefficient (Wildman–Crippen LogP) is 3.27. The monoisotopic (exact) mass is 423 g/mol. The predicted molar refractivity (Wildman–Crippen MR) is 118 cm³/mol. The van der Waals surface area contributed by atoms with E-state index < -0.39 is 0 Å². The number of halogens is 1. The van der Waals surface area contributed by atoms with Crippen LogP contribution < -0.4 is 0 Å². The molecule has 0 radical (unpaired) electrons. The zero-order valence-corrected chi connectivity index (χ0v) is 17.9. The van der Waals surface area contributed by atoms with Gasteiger partial charge in [-0.3, -0.25) is 14.5 Å². The van der Waals surface area contributed by atoms with Gasteiger partial charge < -0.3 is 9.80 Å². The minimum atomic E-state index is -0.298. The molecular weight excluding hydrogens is 393 g/mol. The van der Waals surface area contributed by atoms with Gasteiger partial charge >= 0.3 is 0 Å². The maximum Gasteiger partial charge on any atom is 0.244 e. The van der Waals surface area contributed by atoms with E-state index in [9.17, 15) is 14.0 Å². The highest BCUT2D eigenvalue weighted by Gasteiger charge is 2.34. The lowest BCUT2D eigenvalue weighted by molar-refractivity contribution is -0.140. The molecule has 0 saturated carbocycles. The van der Waals surface area contributed by atoms with Gasteiger partial charge in [-0.25, -0.2) is 4.39 Å². The summed E-state index contributed by atoms with van der Waals surface area (Å²) in [4.78, 5) is 32.3. The lowest BCUT2D eigenvalue weighted by atomic mass is 10.0. The van der Waals surface area contributed by atoms with Crippen molar-refractivity contribution >= 4 is 11.8 Å². The average Bonchev–Trinajstić information content (AvgIpc) is 2.82. The fourth-order valence-corrected chi connectivity index (χ4v) is 4.55. The van der Waals surface area contributed by atoms with Gasteiger partial charge in [-0.15, -0.1) is 0 Å². The zero-order valence-electron chi connectivity index (χ0n) is 17.9. The number of piperidine rings is 1. The highest BCUT2D eigenvalue weighted by atomic mass is 19.1. The Hall–Kier alpha value is -2.73. The van der Waals surface area contributed by atoms with Crippen molar-refractivity contribution in [3.63, 3.8) is 0 Å². The Morgan fingerprint density at radius 1 is 0.774 bits per heavy atom. The molecule has 2 amide bonds. The molecule has 2 aliphatic heterocycles. The van der Waals surface area contributed by atoms with Gasteiger partial charge in [0.2, 0.25) is 11.8 Å². The summed E-state index contributed by atoms with van der Waals surface area (Å²) in [7, 11) is 0. The van der Waals surface area contributed by atoms with Crippen molar-refractivity contribution in [3.8, 4) is 0 Å². The Labute approximate surface area is 183 Å². The molecule has 0 N–H and O–H groups in total. The maximum atomic E-state index is 13.5. The lowest BCUT2D eigenvalue weighted by Gasteiger charge is -2.41. The van der Waals surface area contributed by atoms with Crippen molar-refractivity contribution in [3.05, 3.63) is 71.5 Å². The third kappa shape index (κ3) is 5.31. The van der Waals surface area contributed by atoms with Gasteiger partial charge in [0.05, 0.1) is 6.42 Å². The van der Waals surface area contributed by atoms with Crippen molar-refractivity contribution in [2.75, 3.05) is 39.3 Å². The summed E-state index contributed by atoms with van der Waals surface area (Å²) >= 11 is 0. The molecule has 1 atom stereocenters. The quantitative estimate of drug-likeness (QED) is 0.742. The van der Waals surface area contributed by atoms with Crippen LogP contribution in [0.15, 0.2) is 54.6 Å². The molecule has 6 heteroatoms. The third-order valence-electron chi connectivity index (χ3n) is 6.32. The summed E-state index contributed by atoms with van der Waals surface area (Å²) in [6.45, 7) is 4.17. The number of carbonyl (C=O) groups excluding carboxylic acids is 2. The summed E-state index contributed by atoms with van der Waals surface area (Å²) in [5, 5.41) is 0. The fraction of sp³-hybridized carbons (Fsp3) is 0.440. The van der Waals surface area contributed by atoms with Crippen molar-refractivity contribution in [1.29, 1.82) is 0 Å². The number of amides is 2. The smallest absolute Gasteiger partial charge is 0.244 e. The Morgan fingerprint density at radius 3 is 2.06 bits per heavy atom. The van der Waals surface area contributed by atoms with Crippen molar-refractivity contribution in [1.82, 2.24) is 14.7 Å². The molecule has 2 aromatic rings. The second kappa shape index (κ2) is 10.1. The summed E-state index contributed by atoms with van der Waals surface area (Å²) < 4.78 is 13.1. The summed E-state index contributed by atoms with van der Waals surface area (Å²) in [5.41, 5.74) is 1.83. The summed E-state index contributed by atoms with van der Waals surface area (Å²) in [5.74, 6) is -0.0722. The molecule has 31 heavy (non-hydrogen) atoms. The van der Waals surface area contributed by atoms with Gasteiger partial charge in [-0.05, 0) is 42.5 Å². The minimum absolute atomic E-state index is 0.0462. The number of piperazine rings is 1. The van der Waals surface area contributed by atoms with Gasteiger partial charge in [0.15, 0.2) is 0 Å². The van der Waals surface area contributed by atoms with Gasteiger partial charge in [0.25, 0.3) is 0 Å². The Morgan fingerprint density at radius 2 is 1.42 bits per heavy atom. The van der Waals surface area contributed by atoms with Gasteiger partial charge in [-0.2, -0.15) is 0 Å². The Balaban J connectivity index is 1.41. The van der Waals surface area contributed by atoms with E-state index in [0.717, 1.165) is 37.1 Å². The van der Waals surface area contributed by atoms with E-state index >= 15 is 0 Å². The van der Waals surface area contributed by atoms with Crippen molar-refractivity contribution < 1.29 is 14.0 Å². The number of carbonyl (C=O) groups is 2. The molecule has 164 valence electrons. The van der Waals surface area contributed by atoms with Gasteiger partial charge in [0, 0.05) is 39.3 Å². The first-order valence-electron chi connectivity index (χ1n) is 11.2. The van der Waals surface area contributed by atoms with Crippen LogP contribution in [-0.2, 0) is 16.0 Å². The van der Waals surface area contributed by atoms with E-state index in [4.69, 9.17) is 0 Å². The number of benzene rings is 2. The third-order valence-corrected chi connectivity index (χ3v) is 6.32. The molecule has 0 aliphatic carbocycles. The lowest BCUT2D eigenvalue weighted by Crippen LogP contribution is -2.53. The van der Waals surface area contributed by atoms with Crippen LogP contribution >= 0.6 is 0 Å². The van der Waals surface area contributed by atoms with Crippen molar-refractivity contribution in [2.45, 2.75) is 31.7 Å². The first kappa shape index (κ1) is 21.5. The van der Waals surface area contributed by atoms with Crippen molar-refractivity contribution in [2.24, 2.45) is 0 Å². The summed E-state index contributed by atoms with van der Waals surface area (Å²) in [6, 6.07) is 15.8. The number of nitrogens with zero attached hydrogens (tertiary/aromatic N) is 3. The van der Waals surface area contributed by atoms with E-state index in [1.165, 1.54) is 18.6 Å². The number of likely N-dealkylation sites (tertiary alicyclic amines) is 1. The molecule has 2 heterocycles. The number of hydrogen-bond acceptors (Lipinski definition) is 3. The van der Waals surface area contributed by atoms with Crippen LogP contribution in [0.4, 0.5) is 4.39 Å². The second-order valence-electron chi connectivity index (χ2n) is 8.42. The van der Waals surface area contributed by atoms with Crippen LogP contribution in [-0.4, -0.2) is 65.8 Å². The number of hydrogen-bond donors (Lipinski definition) is 0. The molecule has 2 saturated heterocycles. The van der Waals surface area contributed by atoms with Gasteiger partial charge in [-0.1, -0.05) is 42.5 Å².